The molecule has 5 heteroatoms. The maximum absolute atomic E-state index is 12.5. The van der Waals surface area contributed by atoms with Crippen LogP contribution in [0.5, 0.6) is 0 Å². The lowest BCUT2D eigenvalue weighted by molar-refractivity contribution is 0.811. The summed E-state index contributed by atoms with van der Waals surface area (Å²) in [6.07, 6.45) is 0. The monoisotopic (exact) mass is 361 g/mol. The summed E-state index contributed by atoms with van der Waals surface area (Å²) >= 11 is 6.35. The SMILES string of the molecule is O=c1nc(Nc2ccccc2)n(Cc2ccccc2Cl)c2ccccc12. The molecule has 0 bridgehead atoms. The molecule has 0 atom stereocenters. The van der Waals surface area contributed by atoms with Gasteiger partial charge >= 0.3 is 0 Å². The minimum Gasteiger partial charge on any atom is -0.325 e. The first kappa shape index (κ1) is 16.4. The minimum absolute atomic E-state index is 0.255. The van der Waals surface area contributed by atoms with E-state index in [2.05, 4.69) is 10.3 Å². The Morgan fingerprint density at radius 1 is 0.885 bits per heavy atom. The Balaban J connectivity index is 1.90. The van der Waals surface area contributed by atoms with Crippen molar-refractivity contribution < 1.29 is 0 Å². The summed E-state index contributed by atoms with van der Waals surface area (Å²) in [4.78, 5) is 16.7. The number of hydrogen-bond acceptors (Lipinski definition) is 3. The van der Waals surface area contributed by atoms with Gasteiger partial charge in [-0.05, 0) is 35.9 Å². The number of rotatable bonds is 4. The zero-order chi connectivity index (χ0) is 17.9. The molecule has 0 aliphatic rings. The van der Waals surface area contributed by atoms with Gasteiger partial charge in [0.1, 0.15) is 0 Å². The van der Waals surface area contributed by atoms with Crippen LogP contribution in [-0.4, -0.2) is 9.55 Å². The Labute approximate surface area is 155 Å². The van der Waals surface area contributed by atoms with Gasteiger partial charge in [-0.15, -0.1) is 0 Å². The Morgan fingerprint density at radius 2 is 1.58 bits per heavy atom. The van der Waals surface area contributed by atoms with E-state index in [1.807, 2.05) is 77.4 Å². The van der Waals surface area contributed by atoms with Crippen molar-refractivity contribution in [3.63, 3.8) is 0 Å². The van der Waals surface area contributed by atoms with Gasteiger partial charge in [0.2, 0.25) is 5.95 Å². The lowest BCUT2D eigenvalue weighted by atomic mass is 10.2. The van der Waals surface area contributed by atoms with Crippen LogP contribution in [-0.2, 0) is 6.54 Å². The van der Waals surface area contributed by atoms with Crippen LogP contribution >= 0.6 is 11.6 Å². The third kappa shape index (κ3) is 3.19. The second-order valence-electron chi connectivity index (χ2n) is 5.93. The lowest BCUT2D eigenvalue weighted by Gasteiger charge is -2.17. The van der Waals surface area contributed by atoms with Gasteiger partial charge in [-0.1, -0.05) is 60.1 Å². The zero-order valence-corrected chi connectivity index (χ0v) is 14.6. The molecule has 26 heavy (non-hydrogen) atoms. The van der Waals surface area contributed by atoms with E-state index in [4.69, 9.17) is 11.6 Å². The number of nitrogens with one attached hydrogen (secondary N) is 1. The molecule has 1 aromatic heterocycles. The fourth-order valence-electron chi connectivity index (χ4n) is 2.92. The van der Waals surface area contributed by atoms with E-state index in [0.717, 1.165) is 16.8 Å². The van der Waals surface area contributed by atoms with E-state index in [1.54, 1.807) is 6.07 Å². The smallest absolute Gasteiger partial charge is 0.282 e. The molecular weight excluding hydrogens is 346 g/mol. The van der Waals surface area contributed by atoms with Gasteiger partial charge < -0.3 is 9.88 Å². The summed E-state index contributed by atoms with van der Waals surface area (Å²) in [6, 6.07) is 24.8. The van der Waals surface area contributed by atoms with Gasteiger partial charge in [0.15, 0.2) is 0 Å². The number of hydrogen-bond donors (Lipinski definition) is 1. The van der Waals surface area contributed by atoms with Crippen molar-refractivity contribution in [2.24, 2.45) is 0 Å². The average molecular weight is 362 g/mol. The van der Waals surface area contributed by atoms with Crippen LogP contribution in [0.3, 0.4) is 0 Å². The topological polar surface area (TPSA) is 46.9 Å². The zero-order valence-electron chi connectivity index (χ0n) is 13.9. The number of benzene rings is 3. The molecule has 0 amide bonds. The van der Waals surface area contributed by atoms with Crippen LogP contribution in [0.15, 0.2) is 83.7 Å². The van der Waals surface area contributed by atoms with Crippen LogP contribution < -0.4 is 10.9 Å². The number of aromatic nitrogens is 2. The van der Waals surface area contributed by atoms with Crippen molar-refractivity contribution in [1.82, 2.24) is 9.55 Å². The Morgan fingerprint density at radius 3 is 2.38 bits per heavy atom. The molecule has 0 spiro atoms. The fourth-order valence-corrected chi connectivity index (χ4v) is 3.12. The molecule has 0 fully saturated rings. The first-order chi connectivity index (χ1) is 12.7. The quantitative estimate of drug-likeness (QED) is 0.565. The molecular formula is C21H16ClN3O. The van der Waals surface area contributed by atoms with E-state index in [0.29, 0.717) is 22.9 Å². The van der Waals surface area contributed by atoms with Gasteiger partial charge in [0.25, 0.3) is 5.56 Å². The summed E-state index contributed by atoms with van der Waals surface area (Å²) < 4.78 is 1.98. The fraction of sp³-hybridized carbons (Fsp3) is 0.0476. The summed E-state index contributed by atoms with van der Waals surface area (Å²) in [6.45, 7) is 0.503. The molecule has 0 saturated carbocycles. The molecule has 1 N–H and O–H groups in total. The molecule has 3 aromatic carbocycles. The van der Waals surface area contributed by atoms with Crippen molar-refractivity contribution in [2.75, 3.05) is 5.32 Å². The highest BCUT2D eigenvalue weighted by Crippen LogP contribution is 2.23. The van der Waals surface area contributed by atoms with Crippen molar-refractivity contribution in [1.29, 1.82) is 0 Å². The standard InChI is InChI=1S/C21H16ClN3O/c22-18-12-6-4-8-15(18)14-25-19-13-7-5-11-17(19)20(26)24-21(25)23-16-9-2-1-3-10-16/h1-13H,14H2,(H,23,24,26). The second-order valence-corrected chi connectivity index (χ2v) is 6.33. The molecule has 0 radical (unpaired) electrons. The first-order valence-electron chi connectivity index (χ1n) is 8.27. The van der Waals surface area contributed by atoms with E-state index >= 15 is 0 Å². The van der Waals surface area contributed by atoms with Gasteiger partial charge in [0, 0.05) is 10.7 Å². The van der Waals surface area contributed by atoms with Gasteiger partial charge in [0.05, 0.1) is 17.4 Å². The van der Waals surface area contributed by atoms with Gasteiger partial charge in [-0.3, -0.25) is 4.79 Å². The van der Waals surface area contributed by atoms with E-state index in [1.165, 1.54) is 0 Å². The molecule has 1 heterocycles. The maximum Gasteiger partial charge on any atom is 0.282 e. The predicted octanol–water partition coefficient (Wildman–Crippen LogP) is 4.84. The second kappa shape index (κ2) is 7.02. The molecule has 0 unspecified atom stereocenters. The van der Waals surface area contributed by atoms with Crippen LogP contribution in [0.2, 0.25) is 5.02 Å². The summed E-state index contributed by atoms with van der Waals surface area (Å²) in [5.41, 5.74) is 2.38. The van der Waals surface area contributed by atoms with Crippen molar-refractivity contribution >= 4 is 34.1 Å². The molecule has 0 aliphatic carbocycles. The highest BCUT2D eigenvalue weighted by molar-refractivity contribution is 6.31. The molecule has 128 valence electrons. The number of halogens is 1. The Hall–Kier alpha value is -3.11. The van der Waals surface area contributed by atoms with E-state index < -0.39 is 0 Å². The minimum atomic E-state index is -0.255. The number of nitrogens with zero attached hydrogens (tertiary/aromatic N) is 2. The summed E-state index contributed by atoms with van der Waals surface area (Å²) in [5.74, 6) is 0.486. The maximum atomic E-state index is 12.5. The average Bonchev–Trinajstić information content (AvgIpc) is 2.67. The third-order valence-electron chi connectivity index (χ3n) is 4.20. The van der Waals surface area contributed by atoms with Crippen LogP contribution in [0.25, 0.3) is 10.9 Å². The highest BCUT2D eigenvalue weighted by atomic mass is 35.5. The summed E-state index contributed by atoms with van der Waals surface area (Å²) in [5, 5.41) is 4.52. The molecule has 4 rings (SSSR count). The van der Waals surface area contributed by atoms with Gasteiger partial charge in [-0.2, -0.15) is 4.98 Å². The molecule has 4 aromatic rings. The van der Waals surface area contributed by atoms with Crippen LogP contribution in [0, 0.1) is 0 Å². The van der Waals surface area contributed by atoms with Crippen molar-refractivity contribution in [3.8, 4) is 0 Å². The normalized spacial score (nSPS) is 10.8. The molecule has 4 nitrogen and oxygen atoms in total. The molecule has 0 saturated heterocycles. The van der Waals surface area contributed by atoms with Crippen molar-refractivity contribution in [2.45, 2.75) is 6.54 Å². The Bertz CT molecular complexity index is 1120. The van der Waals surface area contributed by atoms with Crippen LogP contribution in [0.1, 0.15) is 5.56 Å². The van der Waals surface area contributed by atoms with Crippen LogP contribution in [0.4, 0.5) is 11.6 Å². The van der Waals surface area contributed by atoms with E-state index in [9.17, 15) is 4.79 Å². The van der Waals surface area contributed by atoms with Gasteiger partial charge in [-0.25, -0.2) is 0 Å². The lowest BCUT2D eigenvalue weighted by Crippen LogP contribution is -2.18. The summed E-state index contributed by atoms with van der Waals surface area (Å²) in [7, 11) is 0. The first-order valence-corrected chi connectivity index (χ1v) is 8.65. The number of para-hydroxylation sites is 2. The number of anilines is 2. The predicted molar refractivity (Wildman–Crippen MR) is 106 cm³/mol. The van der Waals surface area contributed by atoms with Crippen molar-refractivity contribution in [3.05, 3.63) is 99.8 Å². The highest BCUT2D eigenvalue weighted by Gasteiger charge is 2.12. The molecule has 0 aliphatic heterocycles. The third-order valence-corrected chi connectivity index (χ3v) is 4.57. The van der Waals surface area contributed by atoms with E-state index in [-0.39, 0.29) is 5.56 Å². The largest absolute Gasteiger partial charge is 0.325 e. The Kier molecular flexibility index (Phi) is 4.42. The number of fused-ring (bicyclic) bond motifs is 1.